The largest absolute Gasteiger partial charge is 0.481 e. The van der Waals surface area contributed by atoms with Gasteiger partial charge in [0.1, 0.15) is 0 Å². The van der Waals surface area contributed by atoms with Gasteiger partial charge in [0.15, 0.2) is 0 Å². The van der Waals surface area contributed by atoms with Crippen molar-refractivity contribution in [2.75, 3.05) is 0 Å². The first-order valence-electron chi connectivity index (χ1n) is 7.39. The Morgan fingerprint density at radius 2 is 1.42 bits per heavy atom. The van der Waals surface area contributed by atoms with Crippen molar-refractivity contribution in [3.63, 3.8) is 0 Å². The molecule has 0 aromatic carbocycles. The first-order valence-corrected chi connectivity index (χ1v) is 7.39. The van der Waals surface area contributed by atoms with E-state index in [0.717, 1.165) is 0 Å². The van der Waals surface area contributed by atoms with Crippen LogP contribution in [0.4, 0.5) is 0 Å². The van der Waals surface area contributed by atoms with Crippen molar-refractivity contribution in [3.05, 3.63) is 23.3 Å². The predicted molar refractivity (Wildman–Crippen MR) is 79.0 cm³/mol. The van der Waals surface area contributed by atoms with Gasteiger partial charge in [-0.1, -0.05) is 24.6 Å². The number of carbonyl (C=O) groups is 4. The van der Waals surface area contributed by atoms with Gasteiger partial charge in [-0.25, -0.2) is 0 Å². The van der Waals surface area contributed by atoms with Gasteiger partial charge in [0, 0.05) is 5.92 Å². The van der Waals surface area contributed by atoms with Crippen LogP contribution in [0, 0.1) is 35.5 Å². The van der Waals surface area contributed by atoms with Crippen molar-refractivity contribution in [2.24, 2.45) is 35.5 Å². The summed E-state index contributed by atoms with van der Waals surface area (Å²) in [6.45, 7) is 3.05. The zero-order valence-corrected chi connectivity index (χ0v) is 13.0. The maximum absolute atomic E-state index is 11.8. The number of carboxylic acid groups (broad SMARTS) is 4. The Balaban J connectivity index is 2.73. The smallest absolute Gasteiger partial charge is 0.311 e. The van der Waals surface area contributed by atoms with Crippen LogP contribution >= 0.6 is 0 Å². The molecule has 0 saturated heterocycles. The van der Waals surface area contributed by atoms with Gasteiger partial charge in [0.2, 0.25) is 0 Å². The Labute approximate surface area is 137 Å². The number of allylic oxidation sites excluding steroid dienone is 2. The minimum atomic E-state index is -1.66. The standard InChI is InChI=1S/C16H18O8/c1-5-3-4-7(13(17)18)9-6(2)10(14(19)20)12(16(23)24)11(8(5)9)15(21)22/h3-4,6-7,9-12H,1-2H3,(H,17,18)(H,19,20)(H,21,22)(H,23,24). The lowest BCUT2D eigenvalue weighted by atomic mass is 9.55. The summed E-state index contributed by atoms with van der Waals surface area (Å²) in [5.41, 5.74) is 0.682. The highest BCUT2D eigenvalue weighted by Gasteiger charge is 2.57. The van der Waals surface area contributed by atoms with E-state index in [1.165, 1.54) is 19.1 Å². The monoisotopic (exact) mass is 338 g/mol. The van der Waals surface area contributed by atoms with Gasteiger partial charge in [-0.3, -0.25) is 19.2 Å². The quantitative estimate of drug-likeness (QED) is 0.591. The molecule has 8 heteroatoms. The fourth-order valence-corrected chi connectivity index (χ4v) is 4.13. The zero-order chi connectivity index (χ0) is 18.3. The molecular formula is C16H18O8. The molecule has 0 heterocycles. The van der Waals surface area contributed by atoms with Gasteiger partial charge >= 0.3 is 23.9 Å². The van der Waals surface area contributed by atoms with Crippen LogP contribution in [-0.2, 0) is 19.2 Å². The van der Waals surface area contributed by atoms with Gasteiger partial charge in [0.05, 0.1) is 23.7 Å². The SMILES string of the molecule is CC1=C2C(C(=O)O)C(C(=O)O)C(C(=O)O)C(C)C2C(C(=O)O)C=C1. The van der Waals surface area contributed by atoms with Crippen molar-refractivity contribution in [1.29, 1.82) is 0 Å². The van der Waals surface area contributed by atoms with Crippen molar-refractivity contribution < 1.29 is 39.6 Å². The topological polar surface area (TPSA) is 149 Å². The molecule has 0 bridgehead atoms. The first kappa shape index (κ1) is 17.7. The number of carboxylic acids is 4. The minimum absolute atomic E-state index is 0.204. The van der Waals surface area contributed by atoms with E-state index in [-0.39, 0.29) is 5.57 Å². The molecule has 6 atom stereocenters. The number of aliphatic carboxylic acids is 4. The predicted octanol–water partition coefficient (Wildman–Crippen LogP) is 0.942. The summed E-state index contributed by atoms with van der Waals surface area (Å²) in [5, 5.41) is 37.9. The van der Waals surface area contributed by atoms with Crippen LogP contribution in [0.2, 0.25) is 0 Å². The fourth-order valence-electron chi connectivity index (χ4n) is 4.13. The van der Waals surface area contributed by atoms with Crippen LogP contribution in [0.1, 0.15) is 13.8 Å². The summed E-state index contributed by atoms with van der Waals surface area (Å²) in [7, 11) is 0. The number of rotatable bonds is 4. The number of fused-ring (bicyclic) bond motifs is 1. The molecule has 0 aromatic rings. The summed E-state index contributed by atoms with van der Waals surface area (Å²) in [5.74, 6) is -13.1. The molecule has 6 unspecified atom stereocenters. The molecule has 0 aromatic heterocycles. The van der Waals surface area contributed by atoms with Crippen molar-refractivity contribution >= 4 is 23.9 Å². The van der Waals surface area contributed by atoms with Crippen molar-refractivity contribution in [2.45, 2.75) is 13.8 Å². The lowest BCUT2D eigenvalue weighted by Gasteiger charge is -2.46. The van der Waals surface area contributed by atoms with Crippen LogP contribution in [0.25, 0.3) is 0 Å². The third kappa shape index (κ3) is 2.57. The Bertz CT molecular complexity index is 674. The van der Waals surface area contributed by atoms with Gasteiger partial charge in [-0.05, 0) is 18.4 Å². The highest BCUT2D eigenvalue weighted by Crippen LogP contribution is 2.52. The molecule has 2 aliphatic rings. The molecule has 1 saturated carbocycles. The molecule has 24 heavy (non-hydrogen) atoms. The van der Waals surface area contributed by atoms with E-state index in [1.54, 1.807) is 6.92 Å². The van der Waals surface area contributed by atoms with Gasteiger partial charge in [-0.15, -0.1) is 0 Å². The summed E-state index contributed by atoms with van der Waals surface area (Å²) in [6.07, 6.45) is 2.87. The molecule has 4 N–H and O–H groups in total. The van der Waals surface area contributed by atoms with E-state index in [4.69, 9.17) is 0 Å². The highest BCUT2D eigenvalue weighted by molar-refractivity contribution is 5.89. The highest BCUT2D eigenvalue weighted by atomic mass is 16.4. The van der Waals surface area contributed by atoms with Crippen LogP contribution in [-0.4, -0.2) is 44.3 Å². The van der Waals surface area contributed by atoms with Gasteiger partial charge in [-0.2, -0.15) is 0 Å². The average molecular weight is 338 g/mol. The molecule has 0 amide bonds. The lowest BCUT2D eigenvalue weighted by Crippen LogP contribution is -2.53. The summed E-state index contributed by atoms with van der Waals surface area (Å²) in [4.78, 5) is 46.6. The zero-order valence-electron chi connectivity index (χ0n) is 13.0. The van der Waals surface area contributed by atoms with E-state index < -0.39 is 59.4 Å². The fraction of sp³-hybridized carbons (Fsp3) is 0.500. The first-order chi connectivity index (χ1) is 11.1. The molecule has 0 spiro atoms. The molecular weight excluding hydrogens is 320 g/mol. The molecule has 1 fully saturated rings. The second-order valence-corrected chi connectivity index (χ2v) is 6.29. The van der Waals surface area contributed by atoms with E-state index >= 15 is 0 Å². The summed E-state index contributed by atoms with van der Waals surface area (Å²) < 4.78 is 0. The van der Waals surface area contributed by atoms with Crippen LogP contribution < -0.4 is 0 Å². The van der Waals surface area contributed by atoms with Crippen LogP contribution in [0.5, 0.6) is 0 Å². The third-order valence-corrected chi connectivity index (χ3v) is 5.09. The maximum atomic E-state index is 11.8. The molecule has 0 radical (unpaired) electrons. The summed E-state index contributed by atoms with van der Waals surface area (Å²) in [6, 6.07) is 0. The second kappa shape index (κ2) is 6.10. The Morgan fingerprint density at radius 3 is 1.83 bits per heavy atom. The lowest BCUT2D eigenvalue weighted by molar-refractivity contribution is -0.168. The van der Waals surface area contributed by atoms with E-state index in [0.29, 0.717) is 5.57 Å². The number of hydrogen-bond donors (Lipinski definition) is 4. The maximum Gasteiger partial charge on any atom is 0.311 e. The van der Waals surface area contributed by atoms with Crippen molar-refractivity contribution in [3.8, 4) is 0 Å². The normalized spacial score (nSPS) is 35.2. The molecule has 8 nitrogen and oxygen atoms in total. The Morgan fingerprint density at radius 1 is 0.875 bits per heavy atom. The summed E-state index contributed by atoms with van der Waals surface area (Å²) >= 11 is 0. The molecule has 0 aliphatic heterocycles. The minimum Gasteiger partial charge on any atom is -0.481 e. The average Bonchev–Trinajstić information content (AvgIpc) is 2.46. The van der Waals surface area contributed by atoms with Crippen LogP contribution in [0.15, 0.2) is 23.3 Å². The molecule has 2 aliphatic carbocycles. The van der Waals surface area contributed by atoms with Gasteiger partial charge < -0.3 is 20.4 Å². The van der Waals surface area contributed by atoms with E-state index in [1.807, 2.05) is 0 Å². The van der Waals surface area contributed by atoms with E-state index in [2.05, 4.69) is 0 Å². The number of hydrogen-bond acceptors (Lipinski definition) is 4. The van der Waals surface area contributed by atoms with Crippen LogP contribution in [0.3, 0.4) is 0 Å². The Kier molecular flexibility index (Phi) is 4.50. The Hall–Kier alpha value is -2.64. The second-order valence-electron chi connectivity index (χ2n) is 6.29. The van der Waals surface area contributed by atoms with E-state index in [9.17, 15) is 39.6 Å². The molecule has 130 valence electrons. The van der Waals surface area contributed by atoms with Gasteiger partial charge in [0.25, 0.3) is 0 Å². The molecule has 2 rings (SSSR count). The van der Waals surface area contributed by atoms with Crippen molar-refractivity contribution in [1.82, 2.24) is 0 Å². The third-order valence-electron chi connectivity index (χ3n) is 5.09.